The topological polar surface area (TPSA) is 241 Å². The fourth-order valence-electron chi connectivity index (χ4n) is 28.7. The Labute approximate surface area is 731 Å². The van der Waals surface area contributed by atoms with Crippen molar-refractivity contribution in [1.82, 2.24) is 24.5 Å². The van der Waals surface area contributed by atoms with Crippen molar-refractivity contribution < 1.29 is 28.7 Å². The molecular weight excluding hydrogens is 1510 g/mol. The molecule has 16 nitrogen and oxygen atoms in total. The van der Waals surface area contributed by atoms with E-state index < -0.39 is 0 Å². The normalized spacial score (nSPS) is 34.8. The molecule has 660 valence electrons. The SMILES string of the molecule is C.CC1[C@H]2Cc3ccc(C(N)=O)cc3[C@]1(C)CCN2[C@@H](C)C1CC1.CC1[C@H]2Cc3ccc(C(N)=O)cc3[C@]1(C)CCN2[C@H](C)C1CC1.C[C@@H](C1CC1)N1CC[C@]23CCCCC2[C@H]1Cc1ccc(C(N)=O)cc13.C[C@@H](CN1CC[C@]23CCCCC2[C@H]1Cc1ccc(C(N)=O)cc13)C1CC1.C[C@H]1[C@H]2Cc3ccc(C(N)=O)cc3[C@]1(C)CCN2C[C@H]1CCCO1. The molecular formula is C106H150N10O6. The van der Waals surface area contributed by atoms with Crippen molar-refractivity contribution in [3.63, 3.8) is 0 Å². The highest BCUT2D eigenvalue weighted by Crippen LogP contribution is 2.61. The Hall–Kier alpha value is -6.79. The van der Waals surface area contributed by atoms with Crippen molar-refractivity contribution >= 4 is 29.5 Å². The van der Waals surface area contributed by atoms with Crippen LogP contribution in [0.1, 0.15) is 332 Å². The van der Waals surface area contributed by atoms with E-state index in [0.717, 1.165) is 118 Å². The summed E-state index contributed by atoms with van der Waals surface area (Å²) in [5.74, 6) is 6.45. The smallest absolute Gasteiger partial charge is 0.248 e. The first kappa shape index (κ1) is 87.3. The number of piperidine rings is 5. The number of hydrogen-bond donors (Lipinski definition) is 5. The average Bonchev–Trinajstić information content (AvgIpc) is 1.63. The number of ether oxygens (including phenoxy) is 1. The standard InChI is InChI=1S/C23H32N2O.C22H30N2O.C20H28N2O2.2C20H28N2O.CH4/c1-15(16-5-6-16)14-25-11-10-23-9-3-2-4-19(23)21(25)13-17-7-8-18(22(24)26)12-20(17)23;1-14(15-5-6-15)24-11-10-22-9-3-2-4-18(22)20(24)13-16-7-8-17(21(23)25)12-19(16)22;1-13-18-11-14-5-6-15(19(21)23)10-17(14)20(13,2)7-8-22(18)12-16-4-3-9-24-16;2*1-12-18-11-15-6-7-16(19(21)23)10-17(15)20(12,3)8-9-22(18)13(2)14-4-5-14;/h7-8,12,15-16,19,21H,2-6,9-11,13-14H2,1H3,(H2,24,26);7-8,12,14-15,18,20H,2-6,9-11,13H2,1H3,(H2,23,25);5-6,10,13,16,18H,3-4,7-9,11-12H2,1-2H3,(H2,21,23);2*6-7,10,12-14,18H,4-5,8-9,11H2,1-3H3,(H2,21,23);1H4/t15-,19?,21+,23+;14-,18?,20+,22+;13-,16+,18+,20+;12?,13-,18+,20+;12?,13-,18-,20-;/m00001./s1. The third kappa shape index (κ3) is 15.9. The summed E-state index contributed by atoms with van der Waals surface area (Å²) in [5, 5.41) is 0. The summed E-state index contributed by atoms with van der Waals surface area (Å²) in [4.78, 5) is 72.2. The Kier molecular flexibility index (Phi) is 24.4. The van der Waals surface area contributed by atoms with Crippen molar-refractivity contribution in [1.29, 1.82) is 0 Å². The Morgan fingerprint density at radius 3 is 1.09 bits per heavy atom. The van der Waals surface area contributed by atoms with Crippen LogP contribution in [0, 0.1) is 59.2 Å². The van der Waals surface area contributed by atoms with Gasteiger partial charge in [0.25, 0.3) is 0 Å². The number of nitrogens with two attached hydrogens (primary N) is 5. The second-order valence-corrected chi connectivity index (χ2v) is 43.3. The molecule has 0 spiro atoms. The highest BCUT2D eigenvalue weighted by molar-refractivity contribution is 5.95. The van der Waals surface area contributed by atoms with E-state index in [0.29, 0.717) is 92.7 Å². The lowest BCUT2D eigenvalue weighted by Crippen LogP contribution is -2.63. The van der Waals surface area contributed by atoms with Gasteiger partial charge in [0.15, 0.2) is 0 Å². The molecule has 6 aliphatic heterocycles. The summed E-state index contributed by atoms with van der Waals surface area (Å²) >= 11 is 0. The van der Waals surface area contributed by atoms with Crippen molar-refractivity contribution in [2.75, 3.05) is 52.4 Å². The van der Waals surface area contributed by atoms with Crippen LogP contribution < -0.4 is 28.7 Å². The molecule has 0 radical (unpaired) electrons. The lowest BCUT2D eigenvalue weighted by molar-refractivity contribution is -0.0343. The highest BCUT2D eigenvalue weighted by Gasteiger charge is 2.59. The number of fused-ring (bicyclic) bond motifs is 14. The van der Waals surface area contributed by atoms with E-state index in [-0.39, 0.29) is 53.2 Å². The molecule has 17 aliphatic rings. The van der Waals surface area contributed by atoms with Crippen LogP contribution in [0.5, 0.6) is 0 Å². The lowest BCUT2D eigenvalue weighted by atomic mass is 9.52. The summed E-state index contributed by atoms with van der Waals surface area (Å²) in [7, 11) is 0. The van der Waals surface area contributed by atoms with Gasteiger partial charge in [0.05, 0.1) is 6.10 Å². The maximum atomic E-state index is 11.8. The predicted octanol–water partition coefficient (Wildman–Crippen LogP) is 16.9. The van der Waals surface area contributed by atoms with Crippen LogP contribution in [0.3, 0.4) is 0 Å². The molecule has 4 unspecified atom stereocenters. The molecule has 5 amide bonds. The fraction of sp³-hybridized carbons (Fsp3) is 0.670. The van der Waals surface area contributed by atoms with Gasteiger partial charge in [-0.3, -0.25) is 48.5 Å². The summed E-state index contributed by atoms with van der Waals surface area (Å²) in [6, 6.07) is 36.4. The van der Waals surface area contributed by atoms with Crippen LogP contribution in [0.2, 0.25) is 0 Å². The Balaban J connectivity index is 0.000000108. The van der Waals surface area contributed by atoms with Gasteiger partial charge in [-0.2, -0.15) is 0 Å². The largest absolute Gasteiger partial charge is 0.377 e. The number of likely N-dealkylation sites (tertiary alicyclic amines) is 5. The molecule has 12 fully saturated rings. The summed E-state index contributed by atoms with van der Waals surface area (Å²) in [6.07, 6.45) is 36.6. The summed E-state index contributed by atoms with van der Waals surface area (Å²) in [5.41, 5.74) is 46.4. The average molecular weight is 1660 g/mol. The molecule has 0 aromatic heterocycles. The minimum absolute atomic E-state index is 0. The third-order valence-corrected chi connectivity index (χ3v) is 37.4. The molecule has 122 heavy (non-hydrogen) atoms. The number of benzene rings is 5. The Morgan fingerprint density at radius 1 is 0.369 bits per heavy atom. The molecule has 5 aromatic rings. The van der Waals surface area contributed by atoms with Crippen LogP contribution in [-0.4, -0.2) is 161 Å². The lowest BCUT2D eigenvalue weighted by Gasteiger charge is -2.60. The molecule has 10 bridgehead atoms. The number of hydrogen-bond acceptors (Lipinski definition) is 11. The Morgan fingerprint density at radius 2 is 0.697 bits per heavy atom. The van der Waals surface area contributed by atoms with Crippen LogP contribution in [0.15, 0.2) is 91.0 Å². The summed E-state index contributed by atoms with van der Waals surface area (Å²) in [6.45, 7) is 33.4. The third-order valence-electron chi connectivity index (χ3n) is 37.4. The quantitative estimate of drug-likeness (QED) is 0.0622. The van der Waals surface area contributed by atoms with Gasteiger partial charge >= 0.3 is 0 Å². The highest BCUT2D eigenvalue weighted by atomic mass is 16.5. The van der Waals surface area contributed by atoms with E-state index in [4.69, 9.17) is 33.4 Å². The van der Waals surface area contributed by atoms with E-state index in [2.05, 4.69) is 154 Å². The fourth-order valence-corrected chi connectivity index (χ4v) is 28.7. The minimum Gasteiger partial charge on any atom is -0.377 e. The zero-order chi connectivity index (χ0) is 84.7. The molecule has 20 atom stereocenters. The number of amides is 5. The molecule has 6 saturated heterocycles. The minimum atomic E-state index is -0.327. The van der Waals surface area contributed by atoms with Gasteiger partial charge in [0.1, 0.15) is 0 Å². The van der Waals surface area contributed by atoms with Gasteiger partial charge in [0.2, 0.25) is 29.5 Å². The first-order valence-corrected chi connectivity index (χ1v) is 48.5. The number of primary amides is 5. The zero-order valence-corrected chi connectivity index (χ0v) is 75.2. The van der Waals surface area contributed by atoms with Gasteiger partial charge in [-0.05, 0) is 399 Å². The number of carbonyl (C=O) groups excluding carboxylic acids is 5. The maximum Gasteiger partial charge on any atom is 0.248 e. The van der Waals surface area contributed by atoms with Gasteiger partial charge < -0.3 is 33.4 Å². The maximum absolute atomic E-state index is 11.8. The second kappa shape index (κ2) is 34.1. The number of rotatable bonds is 16. The first-order valence-electron chi connectivity index (χ1n) is 48.5. The monoisotopic (exact) mass is 1660 g/mol. The Bertz CT molecular complexity index is 4640. The van der Waals surface area contributed by atoms with Gasteiger partial charge in [0, 0.05) is 107 Å². The van der Waals surface area contributed by atoms with Gasteiger partial charge in [-0.1, -0.05) is 112 Å². The van der Waals surface area contributed by atoms with E-state index in [1.165, 1.54) is 230 Å². The van der Waals surface area contributed by atoms with Crippen molar-refractivity contribution in [2.45, 2.75) is 338 Å². The van der Waals surface area contributed by atoms with E-state index >= 15 is 0 Å². The summed E-state index contributed by atoms with van der Waals surface area (Å²) < 4.78 is 5.87. The van der Waals surface area contributed by atoms with E-state index in [9.17, 15) is 24.0 Å². The van der Waals surface area contributed by atoms with Crippen molar-refractivity contribution in [3.8, 4) is 0 Å². The van der Waals surface area contributed by atoms with Crippen molar-refractivity contribution in [2.24, 2.45) is 87.8 Å². The zero-order valence-electron chi connectivity index (χ0n) is 75.2. The van der Waals surface area contributed by atoms with Crippen LogP contribution in [0.4, 0.5) is 0 Å². The number of carbonyl (C=O) groups is 5. The van der Waals surface area contributed by atoms with E-state index in [1.807, 2.05) is 30.3 Å². The van der Waals surface area contributed by atoms with Crippen molar-refractivity contribution in [3.05, 3.63) is 174 Å². The molecule has 22 rings (SSSR count). The molecule has 10 N–H and O–H groups in total. The van der Waals surface area contributed by atoms with Crippen LogP contribution >= 0.6 is 0 Å². The predicted molar refractivity (Wildman–Crippen MR) is 490 cm³/mol. The van der Waals surface area contributed by atoms with Crippen LogP contribution in [-0.2, 0) is 63.9 Å². The molecule has 11 aliphatic carbocycles. The van der Waals surface area contributed by atoms with Crippen LogP contribution in [0.25, 0.3) is 0 Å². The molecule has 5 aromatic carbocycles. The first-order chi connectivity index (χ1) is 58.0. The number of nitrogens with zero attached hydrogens (tertiary/aromatic N) is 5. The second-order valence-electron chi connectivity index (χ2n) is 43.3. The molecule has 6 heterocycles. The molecule has 16 heteroatoms. The van der Waals surface area contributed by atoms with Gasteiger partial charge in [-0.25, -0.2) is 0 Å². The van der Waals surface area contributed by atoms with Gasteiger partial charge in [-0.15, -0.1) is 0 Å². The van der Waals surface area contributed by atoms with E-state index in [1.54, 1.807) is 0 Å². The molecule has 6 saturated carbocycles.